The lowest BCUT2D eigenvalue weighted by Crippen LogP contribution is -2.33. The molecule has 0 saturated carbocycles. The third-order valence-corrected chi connectivity index (χ3v) is 1.80. The van der Waals surface area contributed by atoms with Crippen LogP contribution in [-0.2, 0) is 6.54 Å². The summed E-state index contributed by atoms with van der Waals surface area (Å²) in [5, 5.41) is 28.0. The average Bonchev–Trinajstić information content (AvgIpc) is 1.96. The van der Waals surface area contributed by atoms with Gasteiger partial charge in [-0.2, -0.15) is 0 Å². The normalized spacial score (nSPS) is 11.6. The van der Waals surface area contributed by atoms with E-state index in [1.807, 2.05) is 21.1 Å². The van der Waals surface area contributed by atoms with Crippen molar-refractivity contribution in [1.29, 1.82) is 0 Å². The van der Waals surface area contributed by atoms with Crippen LogP contribution in [0, 0.1) is 0 Å². The number of hydrogen-bond acceptors (Lipinski definition) is 3. The molecule has 4 nitrogen and oxygen atoms in total. The summed E-state index contributed by atoms with van der Waals surface area (Å²) in [6, 6.07) is 2.58. The molecule has 0 unspecified atom stereocenters. The molecule has 0 aromatic heterocycles. The fourth-order valence-corrected chi connectivity index (χ4v) is 1.29. The van der Waals surface area contributed by atoms with Gasteiger partial charge in [-0.1, -0.05) is 0 Å². The van der Waals surface area contributed by atoms with E-state index in [0.717, 1.165) is 6.07 Å². The van der Waals surface area contributed by atoms with E-state index in [0.29, 0.717) is 16.6 Å². The van der Waals surface area contributed by atoms with Gasteiger partial charge < -0.3 is 19.8 Å². The molecule has 0 amide bonds. The van der Waals surface area contributed by atoms with E-state index in [1.165, 1.54) is 6.07 Å². The minimum absolute atomic E-state index is 0.0382. The van der Waals surface area contributed by atoms with Gasteiger partial charge in [-0.15, -0.1) is 0 Å². The van der Waals surface area contributed by atoms with E-state index in [2.05, 4.69) is 0 Å². The summed E-state index contributed by atoms with van der Waals surface area (Å²) >= 11 is 0. The molecule has 78 valence electrons. The summed E-state index contributed by atoms with van der Waals surface area (Å²) in [6.45, 7) is 0.536. The summed E-state index contributed by atoms with van der Waals surface area (Å²) in [5.74, 6) is -0.479. The fourth-order valence-electron chi connectivity index (χ4n) is 1.29. The topological polar surface area (TPSA) is 60.7 Å². The Kier molecular flexibility index (Phi) is 2.57. The molecule has 14 heavy (non-hydrogen) atoms. The number of hydrogen-bond donors (Lipinski definition) is 3. The monoisotopic (exact) mass is 198 g/mol. The van der Waals surface area contributed by atoms with Crippen LogP contribution in [0.2, 0.25) is 0 Å². The molecule has 4 heteroatoms. The maximum Gasteiger partial charge on any atom is 0.166 e. The molecule has 1 aromatic carbocycles. The summed E-state index contributed by atoms with van der Waals surface area (Å²) in [7, 11) is 5.88. The highest BCUT2D eigenvalue weighted by Crippen LogP contribution is 2.34. The molecule has 0 bridgehead atoms. The van der Waals surface area contributed by atoms with Crippen molar-refractivity contribution in [1.82, 2.24) is 0 Å². The van der Waals surface area contributed by atoms with Crippen molar-refractivity contribution in [3.05, 3.63) is 17.7 Å². The number of rotatable bonds is 2. The highest BCUT2D eigenvalue weighted by molar-refractivity contribution is 5.49. The summed E-state index contributed by atoms with van der Waals surface area (Å²) in [6.07, 6.45) is 0. The lowest BCUT2D eigenvalue weighted by Gasteiger charge is -2.24. The second kappa shape index (κ2) is 3.38. The van der Waals surface area contributed by atoms with E-state index in [9.17, 15) is 15.3 Å². The Morgan fingerprint density at radius 3 is 2.14 bits per heavy atom. The Labute approximate surface area is 83.2 Å². The van der Waals surface area contributed by atoms with Crippen LogP contribution in [0.5, 0.6) is 17.2 Å². The predicted molar refractivity (Wildman–Crippen MR) is 53.2 cm³/mol. The number of aromatic hydroxyl groups is 3. The van der Waals surface area contributed by atoms with Crippen LogP contribution in [0.3, 0.4) is 0 Å². The molecular weight excluding hydrogens is 182 g/mol. The smallest absolute Gasteiger partial charge is 0.166 e. The lowest BCUT2D eigenvalue weighted by atomic mass is 10.1. The first-order chi connectivity index (χ1) is 6.29. The van der Waals surface area contributed by atoms with Crippen LogP contribution in [-0.4, -0.2) is 40.9 Å². The van der Waals surface area contributed by atoms with Gasteiger partial charge in [0.25, 0.3) is 0 Å². The van der Waals surface area contributed by atoms with Crippen LogP contribution in [0.25, 0.3) is 0 Å². The van der Waals surface area contributed by atoms with Gasteiger partial charge in [0.2, 0.25) is 0 Å². The van der Waals surface area contributed by atoms with Gasteiger partial charge in [0.15, 0.2) is 11.5 Å². The SMILES string of the molecule is C[N+](C)(C)Cc1cc(O)cc(O)c1O. The Morgan fingerprint density at radius 2 is 1.64 bits per heavy atom. The quantitative estimate of drug-likeness (QED) is 0.377. The van der Waals surface area contributed by atoms with Gasteiger partial charge in [-0.05, 0) is 6.07 Å². The zero-order chi connectivity index (χ0) is 10.9. The molecule has 0 aliphatic rings. The van der Waals surface area contributed by atoms with E-state index in [1.54, 1.807) is 0 Å². The second-order valence-electron chi connectivity index (χ2n) is 4.42. The number of phenols is 3. The fraction of sp³-hybridized carbons (Fsp3) is 0.400. The molecule has 0 aliphatic heterocycles. The number of phenolic OH excluding ortho intramolecular Hbond substituents is 3. The summed E-state index contributed by atoms with van der Waals surface area (Å²) in [4.78, 5) is 0. The highest BCUT2D eigenvalue weighted by Gasteiger charge is 2.15. The Hall–Kier alpha value is -1.42. The summed E-state index contributed by atoms with van der Waals surface area (Å²) < 4.78 is 0.608. The molecule has 1 rings (SSSR count). The molecule has 0 radical (unpaired) electrons. The van der Waals surface area contributed by atoms with Crippen molar-refractivity contribution in [2.24, 2.45) is 0 Å². The number of benzene rings is 1. The highest BCUT2D eigenvalue weighted by atomic mass is 16.3. The van der Waals surface area contributed by atoms with Gasteiger partial charge in [0.1, 0.15) is 12.3 Å². The van der Waals surface area contributed by atoms with Crippen molar-refractivity contribution in [2.45, 2.75) is 6.54 Å². The van der Waals surface area contributed by atoms with Crippen LogP contribution in [0.1, 0.15) is 5.56 Å². The maximum atomic E-state index is 9.51. The van der Waals surface area contributed by atoms with Gasteiger partial charge in [0.05, 0.1) is 26.7 Å². The Bertz CT molecular complexity index is 342. The van der Waals surface area contributed by atoms with Crippen LogP contribution in [0.4, 0.5) is 0 Å². The van der Waals surface area contributed by atoms with Crippen LogP contribution in [0.15, 0.2) is 12.1 Å². The predicted octanol–water partition coefficient (Wildman–Crippen LogP) is 1.01. The molecule has 0 aliphatic carbocycles. The molecule has 0 fully saturated rings. The molecule has 0 saturated heterocycles. The van der Waals surface area contributed by atoms with E-state index < -0.39 is 0 Å². The van der Waals surface area contributed by atoms with E-state index in [4.69, 9.17) is 0 Å². The van der Waals surface area contributed by atoms with E-state index >= 15 is 0 Å². The number of quaternary nitrogens is 1. The summed E-state index contributed by atoms with van der Waals surface area (Å²) in [5.41, 5.74) is 0.537. The zero-order valence-electron chi connectivity index (χ0n) is 8.65. The standard InChI is InChI=1S/C10H15NO3/c1-11(2,3)6-7-4-8(12)5-9(13)10(7)14/h4-5H,6H2,1-3H3,(H2-,12,13,14)/p+1. The van der Waals surface area contributed by atoms with Crippen LogP contribution < -0.4 is 0 Å². The maximum absolute atomic E-state index is 9.51. The third-order valence-electron chi connectivity index (χ3n) is 1.80. The molecule has 0 heterocycles. The van der Waals surface area contributed by atoms with Crippen molar-refractivity contribution in [3.63, 3.8) is 0 Å². The first-order valence-corrected chi connectivity index (χ1v) is 4.34. The second-order valence-corrected chi connectivity index (χ2v) is 4.42. The first kappa shape index (κ1) is 10.7. The average molecular weight is 198 g/mol. The van der Waals surface area contributed by atoms with Crippen LogP contribution >= 0.6 is 0 Å². The minimum Gasteiger partial charge on any atom is -0.508 e. The molecule has 3 N–H and O–H groups in total. The first-order valence-electron chi connectivity index (χ1n) is 4.34. The molecular formula is C10H16NO3+. The van der Waals surface area contributed by atoms with Gasteiger partial charge in [-0.25, -0.2) is 0 Å². The molecule has 1 aromatic rings. The molecule has 0 spiro atoms. The lowest BCUT2D eigenvalue weighted by molar-refractivity contribution is -0.884. The Morgan fingerprint density at radius 1 is 1.07 bits per heavy atom. The van der Waals surface area contributed by atoms with Gasteiger partial charge in [0, 0.05) is 6.07 Å². The Balaban J connectivity index is 3.09. The largest absolute Gasteiger partial charge is 0.508 e. The van der Waals surface area contributed by atoms with Crippen molar-refractivity contribution >= 4 is 0 Å². The van der Waals surface area contributed by atoms with E-state index in [-0.39, 0.29) is 17.2 Å². The minimum atomic E-state index is -0.284. The zero-order valence-corrected chi connectivity index (χ0v) is 8.65. The number of nitrogens with zero attached hydrogens (tertiary/aromatic N) is 1. The van der Waals surface area contributed by atoms with Crippen molar-refractivity contribution < 1.29 is 19.8 Å². The molecule has 0 atom stereocenters. The van der Waals surface area contributed by atoms with Gasteiger partial charge in [-0.3, -0.25) is 0 Å². The third kappa shape index (κ3) is 2.53. The van der Waals surface area contributed by atoms with Gasteiger partial charge >= 0.3 is 0 Å². The van der Waals surface area contributed by atoms with Crippen molar-refractivity contribution in [3.8, 4) is 17.2 Å². The van der Waals surface area contributed by atoms with Crippen molar-refractivity contribution in [2.75, 3.05) is 21.1 Å².